The molecule has 0 bridgehead atoms. The Hall–Kier alpha value is -2.46. The van der Waals surface area contributed by atoms with E-state index in [2.05, 4.69) is 23.0 Å². The van der Waals surface area contributed by atoms with E-state index >= 15 is 0 Å². The number of rotatable bonds is 6. The average Bonchev–Trinajstić information content (AvgIpc) is 3.53. The molecule has 1 amide bonds. The van der Waals surface area contributed by atoms with Gasteiger partial charge in [-0.3, -0.25) is 9.69 Å². The lowest BCUT2D eigenvalue weighted by molar-refractivity contribution is -0.151. The lowest BCUT2D eigenvalue weighted by Gasteiger charge is -2.48. The van der Waals surface area contributed by atoms with E-state index in [1.165, 1.54) is 9.78 Å². The lowest BCUT2D eigenvalue weighted by atomic mass is 10.1. The fourth-order valence-corrected chi connectivity index (χ4v) is 8.27. The van der Waals surface area contributed by atoms with Crippen LogP contribution < -0.4 is 10.5 Å². The molecule has 1 fully saturated rings. The van der Waals surface area contributed by atoms with Crippen LogP contribution in [0.5, 0.6) is 5.75 Å². The Bertz CT molecular complexity index is 1140. The highest BCUT2D eigenvalue weighted by Crippen LogP contribution is 2.53. The molecule has 0 spiro atoms. The monoisotopic (exact) mass is 486 g/mol. The molecule has 0 radical (unpaired) electrons. The van der Waals surface area contributed by atoms with Crippen molar-refractivity contribution in [1.82, 2.24) is 4.90 Å². The smallest absolute Gasteiger partial charge is 0.356 e. The van der Waals surface area contributed by atoms with Crippen LogP contribution in [-0.4, -0.2) is 41.1 Å². The Morgan fingerprint density at radius 3 is 2.81 bits per heavy atom. The number of hydrogen-bond acceptors (Lipinski definition) is 7. The Labute approximate surface area is 197 Å². The predicted molar refractivity (Wildman–Crippen MR) is 131 cm³/mol. The lowest BCUT2D eigenvalue weighted by Crippen LogP contribution is -2.68. The molecule has 32 heavy (non-hydrogen) atoms. The normalized spacial score (nSPS) is 25.3. The minimum atomic E-state index is -0.825. The topological polar surface area (TPSA) is 81.9 Å². The summed E-state index contributed by atoms with van der Waals surface area (Å²) in [4.78, 5) is 29.5. The molecule has 5 rings (SSSR count). The van der Waals surface area contributed by atoms with Gasteiger partial charge in [-0.1, -0.05) is 18.2 Å². The minimum absolute atomic E-state index is 0.121. The Kier molecular flexibility index (Phi) is 5.90. The van der Waals surface area contributed by atoms with Crippen molar-refractivity contribution in [2.24, 2.45) is 5.73 Å². The van der Waals surface area contributed by atoms with E-state index in [0.717, 1.165) is 21.8 Å². The molecule has 3 aliphatic rings. The van der Waals surface area contributed by atoms with Gasteiger partial charge in [0.2, 0.25) is 5.91 Å². The molecule has 3 aliphatic heterocycles. The largest absolute Gasteiger partial charge is 0.497 e. The Balaban J connectivity index is 1.42. The first-order valence-electron chi connectivity index (χ1n) is 10.0. The molecule has 6 nitrogen and oxygen atoms in total. The van der Waals surface area contributed by atoms with Crippen molar-refractivity contribution >= 4 is 51.4 Å². The number of ether oxygens (including phenoxy) is 2. The summed E-state index contributed by atoms with van der Waals surface area (Å²) in [6.45, 7) is 0.121. The zero-order valence-electron chi connectivity index (χ0n) is 17.3. The molecule has 2 aromatic rings. The molecule has 1 saturated heterocycles. The van der Waals surface area contributed by atoms with Crippen LogP contribution in [0.15, 0.2) is 69.3 Å². The molecule has 4 heterocycles. The number of nitrogens with zero attached hydrogens (tertiary/aromatic N) is 1. The van der Waals surface area contributed by atoms with Gasteiger partial charge in [0.15, 0.2) is 0 Å². The number of methoxy groups -OCH3 is 1. The molecular weight excluding hydrogens is 464 g/mol. The van der Waals surface area contributed by atoms with Gasteiger partial charge >= 0.3 is 5.97 Å². The number of nitrogens with two attached hydrogens (primary N) is 1. The predicted octanol–water partition coefficient (Wildman–Crippen LogP) is 3.82. The number of esters is 1. The number of β-lactam (4-membered cyclic amide) rings is 1. The SMILES string of the molecule is COc1ccc(COC(=O)C2=C([SH]3C=CC(c4cccs4)=C3)CSC3[C@H](N)C(=O)N23)cc1. The number of allylic oxidation sites excluding steroid dienone is 2. The molecule has 2 N–H and O–H groups in total. The van der Waals surface area contributed by atoms with E-state index in [1.807, 2.05) is 35.7 Å². The molecule has 2 unspecified atom stereocenters. The number of carbonyl (C=O) groups excluding carboxylic acids is 2. The summed E-state index contributed by atoms with van der Waals surface area (Å²) in [6.07, 6.45) is 2.10. The van der Waals surface area contributed by atoms with E-state index in [1.54, 1.807) is 30.2 Å². The van der Waals surface area contributed by atoms with Crippen molar-refractivity contribution in [3.05, 3.63) is 79.7 Å². The molecule has 3 atom stereocenters. The van der Waals surface area contributed by atoms with E-state index < -0.39 is 22.9 Å². The highest BCUT2D eigenvalue weighted by molar-refractivity contribution is 8.26. The summed E-state index contributed by atoms with van der Waals surface area (Å²) in [6, 6.07) is 10.9. The molecule has 1 aromatic heterocycles. The number of thiol groups is 1. The van der Waals surface area contributed by atoms with Crippen LogP contribution in [0.25, 0.3) is 5.57 Å². The maximum atomic E-state index is 13.2. The third-order valence-corrected chi connectivity index (χ3v) is 9.98. The number of amides is 1. The van der Waals surface area contributed by atoms with Crippen LogP contribution in [0.1, 0.15) is 10.4 Å². The third kappa shape index (κ3) is 3.79. The van der Waals surface area contributed by atoms with Gasteiger partial charge in [0.1, 0.15) is 29.5 Å². The molecule has 166 valence electrons. The van der Waals surface area contributed by atoms with Gasteiger partial charge in [-0.05, 0) is 51.6 Å². The van der Waals surface area contributed by atoms with E-state index in [4.69, 9.17) is 15.2 Å². The first-order chi connectivity index (χ1) is 15.6. The van der Waals surface area contributed by atoms with E-state index in [-0.39, 0.29) is 17.9 Å². The minimum Gasteiger partial charge on any atom is -0.497 e. The summed E-state index contributed by atoms with van der Waals surface area (Å²) < 4.78 is 10.8. The second kappa shape index (κ2) is 8.82. The van der Waals surface area contributed by atoms with Gasteiger partial charge < -0.3 is 15.2 Å². The molecular formula is C23H22N2O4S3. The second-order valence-corrected chi connectivity index (χ2v) is 11.4. The van der Waals surface area contributed by atoms with Gasteiger partial charge in [-0.2, -0.15) is 10.9 Å². The summed E-state index contributed by atoms with van der Waals surface area (Å²) in [5.41, 5.74) is 8.37. The fourth-order valence-electron chi connectivity index (χ4n) is 3.78. The van der Waals surface area contributed by atoms with E-state index in [9.17, 15) is 9.59 Å². The van der Waals surface area contributed by atoms with Gasteiger partial charge in [-0.25, -0.2) is 4.79 Å². The van der Waals surface area contributed by atoms with Gasteiger partial charge in [0.25, 0.3) is 0 Å². The summed E-state index contributed by atoms with van der Waals surface area (Å²) in [5.74, 6) is 0.688. The first kappa shape index (κ1) is 21.4. The second-order valence-electron chi connectivity index (χ2n) is 7.44. The quantitative estimate of drug-likeness (QED) is 0.367. The van der Waals surface area contributed by atoms with Crippen LogP contribution >= 0.6 is 34.0 Å². The number of benzene rings is 1. The number of fused-ring (bicyclic) bond motifs is 1. The highest BCUT2D eigenvalue weighted by atomic mass is 32.2. The van der Waals surface area contributed by atoms with Crippen molar-refractivity contribution in [1.29, 1.82) is 0 Å². The zero-order valence-corrected chi connectivity index (χ0v) is 19.8. The summed E-state index contributed by atoms with van der Waals surface area (Å²) in [5, 5.41) is 6.18. The van der Waals surface area contributed by atoms with Crippen molar-refractivity contribution in [2.45, 2.75) is 18.0 Å². The van der Waals surface area contributed by atoms with Gasteiger partial charge in [0, 0.05) is 15.5 Å². The molecule has 1 aromatic carbocycles. The molecule has 0 aliphatic carbocycles. The van der Waals surface area contributed by atoms with Crippen molar-refractivity contribution < 1.29 is 19.1 Å². The summed E-state index contributed by atoms with van der Waals surface area (Å²) in [7, 11) is 0.779. The first-order valence-corrected chi connectivity index (χ1v) is 13.4. The number of thioether (sulfide) groups is 1. The fraction of sp³-hybridized carbons (Fsp3) is 0.217. The third-order valence-electron chi connectivity index (χ3n) is 5.52. The van der Waals surface area contributed by atoms with E-state index in [0.29, 0.717) is 11.4 Å². The van der Waals surface area contributed by atoms with Crippen molar-refractivity contribution in [2.75, 3.05) is 12.9 Å². The van der Waals surface area contributed by atoms with Gasteiger partial charge in [0.05, 0.1) is 7.11 Å². The standard InChI is InChI=1S/C23H22N2O4S3/c1-28-16-6-4-14(5-7-16)11-29-23(27)20-18(12-31-22-19(24)21(26)25(20)22)32-10-8-15(13-32)17-3-2-9-30-17/h2-10,13,19,22,32H,11-12,24H2,1H3/t19-,22?/m1/s1. The van der Waals surface area contributed by atoms with Crippen LogP contribution in [0.3, 0.4) is 0 Å². The van der Waals surface area contributed by atoms with Crippen LogP contribution in [0, 0.1) is 0 Å². The molecule has 9 heteroatoms. The van der Waals surface area contributed by atoms with Crippen LogP contribution in [0.2, 0.25) is 0 Å². The Morgan fingerprint density at radius 2 is 2.09 bits per heavy atom. The Morgan fingerprint density at radius 1 is 1.28 bits per heavy atom. The highest BCUT2D eigenvalue weighted by Gasteiger charge is 2.52. The van der Waals surface area contributed by atoms with Crippen molar-refractivity contribution in [3.8, 4) is 5.75 Å². The maximum absolute atomic E-state index is 13.2. The summed E-state index contributed by atoms with van der Waals surface area (Å²) >= 11 is 3.30. The maximum Gasteiger partial charge on any atom is 0.356 e. The zero-order chi connectivity index (χ0) is 22.2. The average molecular weight is 487 g/mol. The molecule has 0 saturated carbocycles. The van der Waals surface area contributed by atoms with Crippen LogP contribution in [-0.2, 0) is 20.9 Å². The van der Waals surface area contributed by atoms with Crippen LogP contribution in [0.4, 0.5) is 0 Å². The van der Waals surface area contributed by atoms with Crippen molar-refractivity contribution in [3.63, 3.8) is 0 Å². The van der Waals surface area contributed by atoms with Gasteiger partial charge in [-0.15, -0.1) is 23.1 Å². The number of hydrogen-bond donors (Lipinski definition) is 2. The number of thiophene rings is 1. The number of carbonyl (C=O) groups is 2.